The summed E-state index contributed by atoms with van der Waals surface area (Å²) in [6.07, 6.45) is 1.10. The van der Waals surface area contributed by atoms with E-state index < -0.39 is 0 Å². The molecule has 1 aromatic carbocycles. The van der Waals surface area contributed by atoms with Gasteiger partial charge in [0.05, 0.1) is 10.9 Å². The highest BCUT2D eigenvalue weighted by atomic mass is 79.9. The highest BCUT2D eigenvalue weighted by Crippen LogP contribution is 2.37. The first-order valence-electron chi connectivity index (χ1n) is 6.16. The van der Waals surface area contributed by atoms with Crippen LogP contribution < -0.4 is 5.63 Å². The molecule has 0 bridgehead atoms. The average molecular weight is 321 g/mol. The molecule has 0 unspecified atom stereocenters. The lowest BCUT2D eigenvalue weighted by Crippen LogP contribution is -2.28. The molecule has 0 spiro atoms. The van der Waals surface area contributed by atoms with E-state index >= 15 is 0 Å². The molecule has 1 aliphatic rings. The summed E-state index contributed by atoms with van der Waals surface area (Å²) in [5.41, 5.74) is 0.0571. The molecular weight excluding hydrogens is 308 g/mol. The highest BCUT2D eigenvalue weighted by molar-refractivity contribution is 9.10. The van der Waals surface area contributed by atoms with Gasteiger partial charge in [0.2, 0.25) is 0 Å². The fourth-order valence-electron chi connectivity index (χ4n) is 2.72. The molecule has 1 aromatic heterocycles. The van der Waals surface area contributed by atoms with Crippen LogP contribution in [0.4, 0.5) is 0 Å². The van der Waals surface area contributed by atoms with Crippen LogP contribution in [0.3, 0.4) is 0 Å². The molecule has 19 heavy (non-hydrogen) atoms. The van der Waals surface area contributed by atoms with Crippen molar-refractivity contribution in [3.05, 3.63) is 44.4 Å². The van der Waals surface area contributed by atoms with E-state index in [2.05, 4.69) is 15.9 Å². The zero-order valence-electron chi connectivity index (χ0n) is 10.7. The lowest BCUT2D eigenvalue weighted by Gasteiger charge is -2.29. The van der Waals surface area contributed by atoms with Gasteiger partial charge in [-0.25, -0.2) is 4.79 Å². The molecule has 0 saturated carbocycles. The molecule has 98 valence electrons. The van der Waals surface area contributed by atoms with Crippen LogP contribution in [0.25, 0.3) is 10.8 Å². The van der Waals surface area contributed by atoms with Gasteiger partial charge in [0.15, 0.2) is 5.78 Å². The normalized spacial score (nSPS) is 17.5. The van der Waals surface area contributed by atoms with Crippen molar-refractivity contribution in [2.45, 2.75) is 26.7 Å². The summed E-state index contributed by atoms with van der Waals surface area (Å²) in [6.45, 7) is 4.03. The molecule has 3 nitrogen and oxygen atoms in total. The number of halogens is 1. The first-order valence-corrected chi connectivity index (χ1v) is 6.95. The van der Waals surface area contributed by atoms with Crippen LogP contribution in [0.1, 0.15) is 36.4 Å². The third-order valence-electron chi connectivity index (χ3n) is 3.52. The van der Waals surface area contributed by atoms with Gasteiger partial charge < -0.3 is 4.42 Å². The van der Waals surface area contributed by atoms with Crippen molar-refractivity contribution in [1.82, 2.24) is 0 Å². The summed E-state index contributed by atoms with van der Waals surface area (Å²) < 4.78 is 6.22. The molecule has 0 N–H and O–H groups in total. The Bertz CT molecular complexity index is 756. The monoisotopic (exact) mass is 320 g/mol. The summed E-state index contributed by atoms with van der Waals surface area (Å²) >= 11 is 3.38. The Kier molecular flexibility index (Phi) is 2.68. The zero-order valence-corrected chi connectivity index (χ0v) is 12.3. The van der Waals surface area contributed by atoms with E-state index in [1.165, 1.54) is 0 Å². The van der Waals surface area contributed by atoms with Gasteiger partial charge in [-0.05, 0) is 23.6 Å². The third kappa shape index (κ3) is 2.04. The quantitative estimate of drug-likeness (QED) is 0.743. The number of carbonyl (C=O) groups excluding carboxylic acids is 1. The second kappa shape index (κ2) is 4.04. The smallest absolute Gasteiger partial charge is 0.343 e. The predicted octanol–water partition coefficient (Wildman–Crippen LogP) is 3.71. The molecule has 0 saturated heterocycles. The van der Waals surface area contributed by atoms with Crippen LogP contribution >= 0.6 is 15.9 Å². The summed E-state index contributed by atoms with van der Waals surface area (Å²) in [7, 11) is 0. The number of hydrogen-bond donors (Lipinski definition) is 0. The molecule has 0 atom stereocenters. The number of carbonyl (C=O) groups is 1. The minimum absolute atomic E-state index is 0.0538. The fourth-order valence-corrected chi connectivity index (χ4v) is 3.08. The van der Waals surface area contributed by atoms with E-state index in [4.69, 9.17) is 4.42 Å². The van der Waals surface area contributed by atoms with Gasteiger partial charge in [-0.15, -0.1) is 0 Å². The summed E-state index contributed by atoms with van der Waals surface area (Å²) in [4.78, 5) is 24.3. The van der Waals surface area contributed by atoms with Crippen LogP contribution in [-0.2, 0) is 6.42 Å². The SMILES string of the molecule is CC1(C)CC(=O)c2c(oc(=O)c3ccc(Br)cc23)C1. The van der Waals surface area contributed by atoms with E-state index in [9.17, 15) is 9.59 Å². The molecule has 1 aliphatic carbocycles. The van der Waals surface area contributed by atoms with Gasteiger partial charge in [-0.3, -0.25) is 4.79 Å². The largest absolute Gasteiger partial charge is 0.427 e. The Morgan fingerprint density at radius 3 is 2.63 bits per heavy atom. The molecule has 2 aromatic rings. The fraction of sp³-hybridized carbons (Fsp3) is 0.333. The molecule has 0 fully saturated rings. The van der Waals surface area contributed by atoms with E-state index in [-0.39, 0.29) is 16.8 Å². The standard InChI is InChI=1S/C15H13BrO3/c1-15(2)6-11(17)13-10-5-8(16)3-4-9(10)14(18)19-12(13)7-15/h3-5H,6-7H2,1-2H3. The molecular formula is C15H13BrO3. The Morgan fingerprint density at radius 1 is 1.16 bits per heavy atom. The molecule has 1 heterocycles. The topological polar surface area (TPSA) is 47.3 Å². The molecule has 3 rings (SSSR count). The Labute approximate surface area is 118 Å². The zero-order chi connectivity index (χ0) is 13.8. The number of Topliss-reactive ketones (excluding diaryl/α,β-unsaturated/α-hetero) is 1. The van der Waals surface area contributed by atoms with Gasteiger partial charge in [-0.2, -0.15) is 0 Å². The molecule has 0 aliphatic heterocycles. The van der Waals surface area contributed by atoms with E-state index in [1.807, 2.05) is 19.9 Å². The van der Waals surface area contributed by atoms with Crippen molar-refractivity contribution >= 4 is 32.5 Å². The van der Waals surface area contributed by atoms with E-state index in [0.717, 1.165) is 4.47 Å². The lowest BCUT2D eigenvalue weighted by molar-refractivity contribution is 0.0900. The number of benzene rings is 1. The van der Waals surface area contributed by atoms with Crippen molar-refractivity contribution < 1.29 is 9.21 Å². The van der Waals surface area contributed by atoms with Crippen LogP contribution in [0.5, 0.6) is 0 Å². The summed E-state index contributed by atoms with van der Waals surface area (Å²) in [6, 6.07) is 5.29. The van der Waals surface area contributed by atoms with Crippen molar-refractivity contribution in [3.63, 3.8) is 0 Å². The Balaban J connectivity index is 2.41. The average Bonchev–Trinajstić information content (AvgIpc) is 2.25. The van der Waals surface area contributed by atoms with Crippen LogP contribution in [0, 0.1) is 5.41 Å². The van der Waals surface area contributed by atoms with Crippen LogP contribution in [0.2, 0.25) is 0 Å². The van der Waals surface area contributed by atoms with Gasteiger partial charge in [0.25, 0.3) is 0 Å². The van der Waals surface area contributed by atoms with Gasteiger partial charge in [0.1, 0.15) is 5.76 Å². The first-order chi connectivity index (χ1) is 8.87. The highest BCUT2D eigenvalue weighted by Gasteiger charge is 2.34. The lowest BCUT2D eigenvalue weighted by atomic mass is 9.75. The van der Waals surface area contributed by atoms with Crippen molar-refractivity contribution in [1.29, 1.82) is 0 Å². The van der Waals surface area contributed by atoms with Crippen molar-refractivity contribution in [2.75, 3.05) is 0 Å². The van der Waals surface area contributed by atoms with Crippen LogP contribution in [0.15, 0.2) is 31.9 Å². The predicted molar refractivity (Wildman–Crippen MR) is 76.6 cm³/mol. The minimum atomic E-state index is -0.369. The summed E-state index contributed by atoms with van der Waals surface area (Å²) in [5.74, 6) is 0.579. The van der Waals surface area contributed by atoms with Gasteiger partial charge in [-0.1, -0.05) is 29.8 Å². The molecule has 4 heteroatoms. The maximum Gasteiger partial charge on any atom is 0.343 e. The van der Waals surface area contributed by atoms with E-state index in [1.54, 1.807) is 12.1 Å². The van der Waals surface area contributed by atoms with Gasteiger partial charge in [0, 0.05) is 22.7 Å². The van der Waals surface area contributed by atoms with E-state index in [0.29, 0.717) is 34.9 Å². The molecule has 0 radical (unpaired) electrons. The number of rotatable bonds is 0. The van der Waals surface area contributed by atoms with Gasteiger partial charge >= 0.3 is 5.63 Å². The number of ketones is 1. The second-order valence-electron chi connectivity index (χ2n) is 5.82. The first kappa shape index (κ1) is 12.6. The Morgan fingerprint density at radius 2 is 1.89 bits per heavy atom. The second-order valence-corrected chi connectivity index (χ2v) is 6.73. The van der Waals surface area contributed by atoms with Crippen molar-refractivity contribution in [2.24, 2.45) is 5.41 Å². The third-order valence-corrected chi connectivity index (χ3v) is 4.02. The maximum atomic E-state index is 12.4. The maximum absolute atomic E-state index is 12.4. The Hall–Kier alpha value is -1.42. The number of fused-ring (bicyclic) bond motifs is 3. The minimum Gasteiger partial charge on any atom is -0.427 e. The molecule has 0 amide bonds. The summed E-state index contributed by atoms with van der Waals surface area (Å²) in [5, 5.41) is 1.16. The van der Waals surface area contributed by atoms with Crippen LogP contribution in [-0.4, -0.2) is 5.78 Å². The van der Waals surface area contributed by atoms with Crippen molar-refractivity contribution in [3.8, 4) is 0 Å². The number of hydrogen-bond acceptors (Lipinski definition) is 3.